The Kier molecular flexibility index (Phi) is 6.91. The van der Waals surface area contributed by atoms with Crippen molar-refractivity contribution >= 4 is 35.1 Å². The quantitative estimate of drug-likeness (QED) is 0.279. The number of unbranched alkanes of at least 4 members (excludes halogenated alkanes) is 1. The first-order valence-electron chi connectivity index (χ1n) is 11.6. The van der Waals surface area contributed by atoms with Gasteiger partial charge in [-0.05, 0) is 74.7 Å². The summed E-state index contributed by atoms with van der Waals surface area (Å²) in [5.74, 6) is -1.67. The molecule has 4 rings (SSSR count). The minimum atomic E-state index is -0.390. The van der Waals surface area contributed by atoms with Crippen molar-refractivity contribution in [2.24, 2.45) is 11.8 Å². The number of allylic oxidation sites excluding steroid dienone is 2. The summed E-state index contributed by atoms with van der Waals surface area (Å²) in [5.41, 5.74) is 2.96. The number of anilines is 2. The fourth-order valence-electron chi connectivity index (χ4n) is 4.34. The van der Waals surface area contributed by atoms with Gasteiger partial charge in [0.1, 0.15) is 0 Å². The minimum absolute atomic E-state index is 0.173. The van der Waals surface area contributed by atoms with E-state index in [-0.39, 0.29) is 29.6 Å². The zero-order valence-electron chi connectivity index (χ0n) is 19.4. The molecule has 2 aromatic rings. The van der Waals surface area contributed by atoms with Crippen LogP contribution in [0.3, 0.4) is 0 Å². The van der Waals surface area contributed by atoms with Crippen LogP contribution in [0.15, 0.2) is 60.2 Å². The molecule has 2 aliphatic rings. The molecule has 2 atom stereocenters. The molecule has 0 radical (unpaired) electrons. The Balaban J connectivity index is 1.39. The zero-order valence-corrected chi connectivity index (χ0v) is 19.4. The Labute approximate surface area is 198 Å². The van der Waals surface area contributed by atoms with Crippen LogP contribution in [0.25, 0.3) is 0 Å². The minimum Gasteiger partial charge on any atom is -0.462 e. The van der Waals surface area contributed by atoms with Gasteiger partial charge in [0.05, 0.1) is 29.7 Å². The summed E-state index contributed by atoms with van der Waals surface area (Å²) < 4.78 is 5.18. The largest absolute Gasteiger partial charge is 0.462 e. The van der Waals surface area contributed by atoms with Gasteiger partial charge in [0.25, 0.3) is 5.91 Å². The van der Waals surface area contributed by atoms with Crippen LogP contribution in [0.5, 0.6) is 0 Å². The Morgan fingerprint density at radius 2 is 1.62 bits per heavy atom. The van der Waals surface area contributed by atoms with Crippen molar-refractivity contribution in [1.29, 1.82) is 0 Å². The number of rotatable bonds is 7. The number of nitrogens with one attached hydrogen (secondary N) is 1. The molecule has 1 heterocycles. The van der Waals surface area contributed by atoms with E-state index in [0.29, 0.717) is 42.0 Å². The molecule has 1 aliphatic heterocycles. The van der Waals surface area contributed by atoms with E-state index >= 15 is 0 Å². The molecule has 1 fully saturated rings. The van der Waals surface area contributed by atoms with E-state index in [1.54, 1.807) is 48.5 Å². The van der Waals surface area contributed by atoms with E-state index < -0.39 is 5.97 Å². The van der Waals surface area contributed by atoms with Crippen LogP contribution in [-0.2, 0) is 14.3 Å². The first-order chi connectivity index (χ1) is 16.4. The highest BCUT2D eigenvalue weighted by atomic mass is 16.5. The predicted octanol–water partition coefficient (Wildman–Crippen LogP) is 4.74. The van der Waals surface area contributed by atoms with Crippen LogP contribution in [-0.4, -0.2) is 30.3 Å². The summed E-state index contributed by atoms with van der Waals surface area (Å²) >= 11 is 0. The summed E-state index contributed by atoms with van der Waals surface area (Å²) in [7, 11) is 0. The molecule has 0 spiro atoms. The maximum Gasteiger partial charge on any atom is 0.338 e. The van der Waals surface area contributed by atoms with Gasteiger partial charge in [0.15, 0.2) is 0 Å². The second-order valence-corrected chi connectivity index (χ2v) is 8.78. The lowest BCUT2D eigenvalue weighted by Gasteiger charge is -2.18. The van der Waals surface area contributed by atoms with Crippen LogP contribution in [0.2, 0.25) is 0 Å². The number of benzene rings is 2. The number of hydrogen-bond acceptors (Lipinski definition) is 5. The third-order valence-corrected chi connectivity index (χ3v) is 6.32. The monoisotopic (exact) mass is 460 g/mol. The molecule has 2 aromatic carbocycles. The number of amides is 3. The Morgan fingerprint density at radius 3 is 2.29 bits per heavy atom. The number of carbonyl (C=O) groups excluding carboxylic acids is 4. The van der Waals surface area contributed by atoms with Crippen LogP contribution >= 0.6 is 0 Å². The highest BCUT2D eigenvalue weighted by molar-refractivity contribution is 6.22. The van der Waals surface area contributed by atoms with Crippen LogP contribution < -0.4 is 10.2 Å². The molecular formula is C27H28N2O5. The van der Waals surface area contributed by atoms with Crippen molar-refractivity contribution in [2.45, 2.75) is 39.5 Å². The molecule has 176 valence electrons. The molecule has 0 aromatic heterocycles. The van der Waals surface area contributed by atoms with Gasteiger partial charge in [-0.15, -0.1) is 0 Å². The zero-order chi connectivity index (χ0) is 24.2. The summed E-state index contributed by atoms with van der Waals surface area (Å²) in [4.78, 5) is 51.6. The lowest BCUT2D eigenvalue weighted by Crippen LogP contribution is -2.30. The highest BCUT2D eigenvalue weighted by Crippen LogP contribution is 2.39. The number of carbonyl (C=O) groups is 4. The van der Waals surface area contributed by atoms with Gasteiger partial charge in [-0.25, -0.2) is 4.79 Å². The Bertz CT molecular complexity index is 1130. The van der Waals surface area contributed by atoms with Gasteiger partial charge in [0, 0.05) is 11.3 Å². The number of esters is 1. The average molecular weight is 461 g/mol. The number of nitrogens with zero attached hydrogens (tertiary/aromatic N) is 1. The second kappa shape index (κ2) is 10.0. The lowest BCUT2D eigenvalue weighted by molar-refractivity contribution is -0.122. The third-order valence-electron chi connectivity index (χ3n) is 6.32. The summed E-state index contributed by atoms with van der Waals surface area (Å²) in [6, 6.07) is 12.9. The van der Waals surface area contributed by atoms with Gasteiger partial charge in [-0.3, -0.25) is 19.3 Å². The molecule has 1 saturated heterocycles. The van der Waals surface area contributed by atoms with Gasteiger partial charge in [0.2, 0.25) is 11.8 Å². The van der Waals surface area contributed by atoms with E-state index in [4.69, 9.17) is 4.74 Å². The highest BCUT2D eigenvalue weighted by Gasteiger charge is 2.48. The molecule has 0 saturated carbocycles. The first kappa shape index (κ1) is 23.4. The Morgan fingerprint density at radius 1 is 0.971 bits per heavy atom. The average Bonchev–Trinajstić information content (AvgIpc) is 3.08. The third kappa shape index (κ3) is 4.78. The van der Waals surface area contributed by atoms with Crippen molar-refractivity contribution in [2.75, 3.05) is 16.8 Å². The van der Waals surface area contributed by atoms with E-state index in [1.165, 1.54) is 4.90 Å². The van der Waals surface area contributed by atoms with Crippen molar-refractivity contribution in [3.63, 3.8) is 0 Å². The van der Waals surface area contributed by atoms with Crippen molar-refractivity contribution in [3.8, 4) is 0 Å². The topological polar surface area (TPSA) is 92.8 Å². The van der Waals surface area contributed by atoms with Gasteiger partial charge >= 0.3 is 5.97 Å². The van der Waals surface area contributed by atoms with Crippen molar-refractivity contribution < 1.29 is 23.9 Å². The normalized spacial score (nSPS) is 19.5. The number of imide groups is 1. The fraction of sp³-hybridized carbons (Fsp3) is 0.333. The molecule has 1 N–H and O–H groups in total. The molecule has 3 amide bonds. The summed E-state index contributed by atoms with van der Waals surface area (Å²) in [6.45, 7) is 4.39. The number of fused-ring (bicyclic) bond motifs is 1. The van der Waals surface area contributed by atoms with Gasteiger partial charge in [-0.2, -0.15) is 0 Å². The summed E-state index contributed by atoms with van der Waals surface area (Å²) in [5, 5.41) is 2.78. The first-order valence-corrected chi connectivity index (χ1v) is 11.6. The van der Waals surface area contributed by atoms with Gasteiger partial charge in [-0.1, -0.05) is 25.0 Å². The second-order valence-electron chi connectivity index (χ2n) is 8.78. The molecule has 7 nitrogen and oxygen atoms in total. The standard InChI is InChI=1S/C27H28N2O5/c1-3-4-15-34-27(33)19-6-10-20(11-7-19)28-24(30)18-8-12-21(13-9-18)29-25(31)22-14-5-17(2)16-23(22)26(29)32/h5-13,22-23H,3-4,14-16H2,1-2H3,(H,28,30)/t22-,23-/m1/s1. The molecule has 7 heteroatoms. The fourth-order valence-corrected chi connectivity index (χ4v) is 4.34. The van der Waals surface area contributed by atoms with Crippen LogP contribution in [0.1, 0.15) is 60.2 Å². The maximum atomic E-state index is 12.9. The van der Waals surface area contributed by atoms with E-state index in [0.717, 1.165) is 18.4 Å². The Hall–Kier alpha value is -3.74. The van der Waals surface area contributed by atoms with Crippen molar-refractivity contribution in [1.82, 2.24) is 0 Å². The molecule has 0 bridgehead atoms. The molecule has 0 unspecified atom stereocenters. The van der Waals surface area contributed by atoms with Crippen LogP contribution in [0.4, 0.5) is 11.4 Å². The molecular weight excluding hydrogens is 432 g/mol. The number of hydrogen-bond donors (Lipinski definition) is 1. The van der Waals surface area contributed by atoms with E-state index in [9.17, 15) is 19.2 Å². The smallest absolute Gasteiger partial charge is 0.338 e. The van der Waals surface area contributed by atoms with Crippen molar-refractivity contribution in [3.05, 3.63) is 71.3 Å². The van der Waals surface area contributed by atoms with Gasteiger partial charge < -0.3 is 10.1 Å². The van der Waals surface area contributed by atoms with E-state index in [2.05, 4.69) is 5.32 Å². The van der Waals surface area contributed by atoms with Crippen LogP contribution in [0, 0.1) is 11.8 Å². The molecule has 1 aliphatic carbocycles. The summed E-state index contributed by atoms with van der Waals surface area (Å²) in [6.07, 6.45) is 5.00. The molecule has 34 heavy (non-hydrogen) atoms. The SMILES string of the molecule is CCCCOC(=O)c1ccc(NC(=O)c2ccc(N3C(=O)[C@@H]4CC=C(C)C[C@H]4C3=O)cc2)cc1. The van der Waals surface area contributed by atoms with E-state index in [1.807, 2.05) is 19.9 Å². The predicted molar refractivity (Wildman–Crippen MR) is 128 cm³/mol. The number of ether oxygens (including phenoxy) is 1. The lowest BCUT2D eigenvalue weighted by atomic mass is 9.82. The maximum absolute atomic E-state index is 12.9.